The zero-order chi connectivity index (χ0) is 17.3. The minimum Gasteiger partial charge on any atom is -0.335 e. The number of piperazine rings is 1. The molecule has 0 spiro atoms. The Kier molecular flexibility index (Phi) is 4.37. The predicted molar refractivity (Wildman–Crippen MR) is 86.3 cm³/mol. The predicted octanol–water partition coefficient (Wildman–Crippen LogP) is 0.933. The van der Waals surface area contributed by atoms with Gasteiger partial charge in [-0.2, -0.15) is 9.40 Å². The van der Waals surface area contributed by atoms with Crippen LogP contribution in [0.2, 0.25) is 0 Å². The fourth-order valence-electron chi connectivity index (χ4n) is 2.59. The van der Waals surface area contributed by atoms with Crippen LogP contribution >= 0.6 is 0 Å². The molecule has 7 nitrogen and oxygen atoms in total. The van der Waals surface area contributed by atoms with Crippen molar-refractivity contribution < 1.29 is 17.6 Å². The van der Waals surface area contributed by atoms with Crippen LogP contribution < -0.4 is 0 Å². The van der Waals surface area contributed by atoms with E-state index in [1.54, 1.807) is 23.1 Å². The molecule has 0 bridgehead atoms. The lowest BCUT2D eigenvalue weighted by molar-refractivity contribution is 0.0692. The quantitative estimate of drug-likeness (QED) is 0.890. The van der Waals surface area contributed by atoms with Crippen molar-refractivity contribution in [3.8, 4) is 11.3 Å². The van der Waals surface area contributed by atoms with Crippen LogP contribution in [0.5, 0.6) is 0 Å². The highest BCUT2D eigenvalue weighted by Crippen LogP contribution is 2.19. The standard InChI is InChI=1S/C15H17FN4O3S/c1-24(22,23)20-8-6-19(7-9-20)15(21)14-10-13(17-18-14)11-2-4-12(16)5-3-11/h2-5,10H,6-9H2,1H3,(H,17,18). The van der Waals surface area contributed by atoms with Gasteiger partial charge in [-0.3, -0.25) is 9.89 Å². The van der Waals surface area contributed by atoms with E-state index in [0.717, 1.165) is 6.26 Å². The van der Waals surface area contributed by atoms with Crippen molar-refractivity contribution >= 4 is 15.9 Å². The molecule has 3 rings (SSSR count). The van der Waals surface area contributed by atoms with Gasteiger partial charge in [-0.05, 0) is 30.3 Å². The number of rotatable bonds is 3. The van der Waals surface area contributed by atoms with Gasteiger partial charge in [-0.1, -0.05) is 0 Å². The van der Waals surface area contributed by atoms with Crippen molar-refractivity contribution in [3.63, 3.8) is 0 Å². The highest BCUT2D eigenvalue weighted by Gasteiger charge is 2.27. The Balaban J connectivity index is 1.70. The van der Waals surface area contributed by atoms with Crippen molar-refractivity contribution in [1.82, 2.24) is 19.4 Å². The van der Waals surface area contributed by atoms with Crippen LogP contribution in [0.15, 0.2) is 30.3 Å². The minimum atomic E-state index is -3.23. The zero-order valence-corrected chi connectivity index (χ0v) is 13.9. The van der Waals surface area contributed by atoms with Gasteiger partial charge >= 0.3 is 0 Å². The van der Waals surface area contributed by atoms with Gasteiger partial charge in [0.2, 0.25) is 10.0 Å². The van der Waals surface area contributed by atoms with E-state index in [0.29, 0.717) is 30.0 Å². The summed E-state index contributed by atoms with van der Waals surface area (Å²) < 4.78 is 37.3. The highest BCUT2D eigenvalue weighted by molar-refractivity contribution is 7.88. The Labute approximate surface area is 139 Å². The molecule has 1 N–H and O–H groups in total. The average molecular weight is 352 g/mol. The minimum absolute atomic E-state index is 0.232. The number of hydrogen-bond donors (Lipinski definition) is 1. The number of nitrogens with one attached hydrogen (secondary N) is 1. The zero-order valence-electron chi connectivity index (χ0n) is 13.1. The fourth-order valence-corrected chi connectivity index (χ4v) is 3.42. The second-order valence-electron chi connectivity index (χ2n) is 5.63. The van der Waals surface area contributed by atoms with Gasteiger partial charge in [0.05, 0.1) is 11.9 Å². The van der Waals surface area contributed by atoms with Crippen molar-refractivity contribution in [2.75, 3.05) is 32.4 Å². The number of benzene rings is 1. The third-order valence-corrected chi connectivity index (χ3v) is 5.25. The summed E-state index contributed by atoms with van der Waals surface area (Å²) in [4.78, 5) is 14.1. The molecule has 1 aromatic heterocycles. The monoisotopic (exact) mass is 352 g/mol. The number of aromatic amines is 1. The van der Waals surface area contributed by atoms with Crippen LogP contribution in [0.3, 0.4) is 0 Å². The summed E-state index contributed by atoms with van der Waals surface area (Å²) >= 11 is 0. The molecule has 2 aromatic rings. The van der Waals surface area contributed by atoms with Crippen molar-refractivity contribution in [3.05, 3.63) is 41.8 Å². The van der Waals surface area contributed by atoms with Gasteiger partial charge in [0.1, 0.15) is 11.5 Å². The summed E-state index contributed by atoms with van der Waals surface area (Å²) in [5, 5.41) is 6.78. The van der Waals surface area contributed by atoms with E-state index >= 15 is 0 Å². The number of aromatic nitrogens is 2. The maximum Gasteiger partial charge on any atom is 0.271 e. The van der Waals surface area contributed by atoms with Crippen LogP contribution in [0.1, 0.15) is 10.5 Å². The summed E-state index contributed by atoms with van der Waals surface area (Å²) in [6.07, 6.45) is 1.16. The van der Waals surface area contributed by atoms with Gasteiger partial charge < -0.3 is 4.90 Å². The van der Waals surface area contributed by atoms with E-state index in [1.165, 1.54) is 16.4 Å². The molecule has 1 amide bonds. The Morgan fingerprint density at radius 3 is 2.38 bits per heavy atom. The number of amides is 1. The first-order valence-electron chi connectivity index (χ1n) is 7.40. The van der Waals surface area contributed by atoms with E-state index in [4.69, 9.17) is 0 Å². The lowest BCUT2D eigenvalue weighted by Gasteiger charge is -2.32. The molecule has 128 valence electrons. The largest absolute Gasteiger partial charge is 0.335 e. The molecule has 2 heterocycles. The van der Waals surface area contributed by atoms with Crippen molar-refractivity contribution in [1.29, 1.82) is 0 Å². The summed E-state index contributed by atoms with van der Waals surface area (Å²) in [5.74, 6) is -0.571. The number of carbonyl (C=O) groups excluding carboxylic acids is 1. The third-order valence-electron chi connectivity index (χ3n) is 3.94. The highest BCUT2D eigenvalue weighted by atomic mass is 32.2. The molecular weight excluding hydrogens is 335 g/mol. The van der Waals surface area contributed by atoms with Crippen LogP contribution in [0.4, 0.5) is 4.39 Å². The molecule has 0 aliphatic carbocycles. The lowest BCUT2D eigenvalue weighted by Crippen LogP contribution is -2.50. The number of carbonyl (C=O) groups is 1. The van der Waals surface area contributed by atoms with Crippen LogP contribution in [0.25, 0.3) is 11.3 Å². The van der Waals surface area contributed by atoms with E-state index in [2.05, 4.69) is 10.2 Å². The Bertz CT molecular complexity index is 840. The van der Waals surface area contributed by atoms with Crippen LogP contribution in [-0.4, -0.2) is 66.2 Å². The molecule has 0 radical (unpaired) electrons. The van der Waals surface area contributed by atoms with Crippen LogP contribution in [-0.2, 0) is 10.0 Å². The molecule has 0 saturated carbocycles. The first-order chi connectivity index (χ1) is 11.3. The van der Waals surface area contributed by atoms with E-state index in [1.807, 2.05) is 0 Å². The number of hydrogen-bond acceptors (Lipinski definition) is 4. The molecular formula is C15H17FN4O3S. The lowest BCUT2D eigenvalue weighted by atomic mass is 10.1. The van der Waals surface area contributed by atoms with E-state index < -0.39 is 10.0 Å². The van der Waals surface area contributed by atoms with E-state index in [-0.39, 0.29) is 24.8 Å². The second kappa shape index (κ2) is 6.33. The SMILES string of the molecule is CS(=O)(=O)N1CCN(C(=O)c2cc(-c3ccc(F)cc3)n[nH]2)CC1. The molecule has 0 atom stereocenters. The average Bonchev–Trinajstić information content (AvgIpc) is 3.04. The molecule has 9 heteroatoms. The fraction of sp³-hybridized carbons (Fsp3) is 0.333. The number of H-pyrrole nitrogens is 1. The third kappa shape index (κ3) is 3.46. The summed E-state index contributed by atoms with van der Waals surface area (Å²) in [6.45, 7) is 1.22. The Morgan fingerprint density at radius 1 is 1.17 bits per heavy atom. The Morgan fingerprint density at radius 2 is 1.79 bits per heavy atom. The van der Waals surface area contributed by atoms with Gasteiger partial charge in [-0.15, -0.1) is 0 Å². The first-order valence-corrected chi connectivity index (χ1v) is 9.25. The Hall–Kier alpha value is -2.26. The molecule has 1 aliphatic heterocycles. The topological polar surface area (TPSA) is 86.4 Å². The molecule has 1 fully saturated rings. The molecule has 1 aliphatic rings. The van der Waals surface area contributed by atoms with Gasteiger partial charge in [-0.25, -0.2) is 12.8 Å². The molecule has 0 unspecified atom stereocenters. The van der Waals surface area contributed by atoms with Gasteiger partial charge in [0.15, 0.2) is 0 Å². The van der Waals surface area contributed by atoms with Gasteiger partial charge in [0, 0.05) is 31.7 Å². The molecule has 1 aromatic carbocycles. The second-order valence-corrected chi connectivity index (χ2v) is 7.61. The van der Waals surface area contributed by atoms with Crippen LogP contribution in [0, 0.1) is 5.82 Å². The number of sulfonamides is 1. The molecule has 1 saturated heterocycles. The number of nitrogens with zero attached hydrogens (tertiary/aromatic N) is 3. The number of halogens is 1. The van der Waals surface area contributed by atoms with E-state index in [9.17, 15) is 17.6 Å². The maximum atomic E-state index is 13.0. The van der Waals surface area contributed by atoms with Crippen molar-refractivity contribution in [2.24, 2.45) is 0 Å². The summed E-state index contributed by atoms with van der Waals surface area (Å²) in [7, 11) is -3.23. The summed E-state index contributed by atoms with van der Waals surface area (Å²) in [5.41, 5.74) is 1.57. The molecule has 24 heavy (non-hydrogen) atoms. The van der Waals surface area contributed by atoms with Crippen molar-refractivity contribution in [2.45, 2.75) is 0 Å². The van der Waals surface area contributed by atoms with Gasteiger partial charge in [0.25, 0.3) is 5.91 Å². The first kappa shape index (κ1) is 16.6. The maximum absolute atomic E-state index is 13.0. The smallest absolute Gasteiger partial charge is 0.271 e. The normalized spacial score (nSPS) is 16.3. The summed E-state index contributed by atoms with van der Waals surface area (Å²) in [6, 6.07) is 7.44.